The van der Waals surface area contributed by atoms with E-state index in [1.807, 2.05) is 18.7 Å². The zero-order valence-electron chi connectivity index (χ0n) is 20.1. The lowest BCUT2D eigenvalue weighted by Crippen LogP contribution is -2.28. The van der Waals surface area contributed by atoms with E-state index >= 15 is 0 Å². The SMILES string of the molecule is CC(C)c1nc2c(c(Nc3ccc(OC(F)(F)F)cc3)n1)CCN(Cc1ncccc1C(F)(F)F)CC2. The van der Waals surface area contributed by atoms with Gasteiger partial charge in [0, 0.05) is 49.4 Å². The molecule has 0 amide bonds. The molecule has 37 heavy (non-hydrogen) atoms. The second kappa shape index (κ2) is 10.5. The zero-order valence-corrected chi connectivity index (χ0v) is 20.1. The molecule has 0 atom stereocenters. The monoisotopic (exact) mass is 525 g/mol. The standard InChI is InChI=1S/C25H25F6N5O/c1-15(2)22-34-20-10-13-36(14-21-19(24(26,27)28)4-3-11-32-21)12-9-18(20)23(35-22)33-16-5-7-17(8-6-16)37-25(29,30)31/h3-8,11,15H,9-10,12-14H2,1-2H3,(H,33,34,35). The average Bonchev–Trinajstić information content (AvgIpc) is 3.01. The summed E-state index contributed by atoms with van der Waals surface area (Å²) in [5.74, 6) is 0.783. The predicted molar refractivity (Wildman–Crippen MR) is 124 cm³/mol. The first-order valence-electron chi connectivity index (χ1n) is 11.6. The number of aromatic nitrogens is 3. The second-order valence-corrected chi connectivity index (χ2v) is 8.98. The fourth-order valence-electron chi connectivity index (χ4n) is 4.09. The topological polar surface area (TPSA) is 63.2 Å². The second-order valence-electron chi connectivity index (χ2n) is 8.98. The molecule has 1 N–H and O–H groups in total. The van der Waals surface area contributed by atoms with Gasteiger partial charge in [0.25, 0.3) is 0 Å². The van der Waals surface area contributed by atoms with E-state index in [0.29, 0.717) is 43.3 Å². The predicted octanol–water partition coefficient (Wildman–Crippen LogP) is 6.26. The molecule has 1 aromatic carbocycles. The summed E-state index contributed by atoms with van der Waals surface area (Å²) < 4.78 is 81.6. The van der Waals surface area contributed by atoms with Gasteiger partial charge in [-0.1, -0.05) is 13.8 Å². The van der Waals surface area contributed by atoms with Crippen molar-refractivity contribution in [2.24, 2.45) is 0 Å². The van der Waals surface area contributed by atoms with Crippen molar-refractivity contribution in [1.82, 2.24) is 19.9 Å². The van der Waals surface area contributed by atoms with Crippen LogP contribution in [0.25, 0.3) is 0 Å². The molecule has 0 spiro atoms. The molecule has 0 fully saturated rings. The summed E-state index contributed by atoms with van der Waals surface area (Å²) in [6.07, 6.45) is -6.95. The van der Waals surface area contributed by atoms with Crippen LogP contribution in [0.15, 0.2) is 42.6 Å². The lowest BCUT2D eigenvalue weighted by Gasteiger charge is -2.21. The molecule has 2 aromatic heterocycles. The fourth-order valence-corrected chi connectivity index (χ4v) is 4.09. The number of anilines is 2. The molecular formula is C25H25F6N5O. The molecule has 0 radical (unpaired) electrons. The van der Waals surface area contributed by atoms with Crippen LogP contribution in [0.3, 0.4) is 0 Å². The first-order chi connectivity index (χ1) is 17.4. The quantitative estimate of drug-likeness (QED) is 0.384. The summed E-state index contributed by atoms with van der Waals surface area (Å²) >= 11 is 0. The van der Waals surface area contributed by atoms with Crippen molar-refractivity contribution in [3.63, 3.8) is 0 Å². The van der Waals surface area contributed by atoms with Crippen LogP contribution in [0.2, 0.25) is 0 Å². The molecule has 1 aliphatic heterocycles. The zero-order chi connectivity index (χ0) is 26.8. The highest BCUT2D eigenvalue weighted by molar-refractivity contribution is 5.61. The number of rotatable bonds is 6. The largest absolute Gasteiger partial charge is 0.573 e. The lowest BCUT2D eigenvalue weighted by atomic mass is 10.1. The number of halogens is 6. The number of alkyl halides is 6. The van der Waals surface area contributed by atoms with Crippen LogP contribution in [-0.4, -0.2) is 39.3 Å². The number of hydrogen-bond donors (Lipinski definition) is 1. The minimum atomic E-state index is -4.78. The highest BCUT2D eigenvalue weighted by Gasteiger charge is 2.34. The first kappa shape index (κ1) is 26.6. The molecule has 3 aromatic rings. The van der Waals surface area contributed by atoms with E-state index in [4.69, 9.17) is 4.98 Å². The number of pyridine rings is 1. The smallest absolute Gasteiger partial charge is 0.406 e. The number of nitrogens with zero attached hydrogens (tertiary/aromatic N) is 4. The molecule has 3 heterocycles. The summed E-state index contributed by atoms with van der Waals surface area (Å²) in [5, 5.41) is 3.17. The van der Waals surface area contributed by atoms with E-state index in [1.54, 1.807) is 0 Å². The Bertz CT molecular complexity index is 1230. The van der Waals surface area contributed by atoms with E-state index in [9.17, 15) is 26.3 Å². The molecule has 12 heteroatoms. The molecule has 0 aliphatic carbocycles. The van der Waals surface area contributed by atoms with E-state index in [1.165, 1.54) is 36.5 Å². The van der Waals surface area contributed by atoms with Crippen molar-refractivity contribution in [3.8, 4) is 5.75 Å². The third kappa shape index (κ3) is 6.88. The minimum absolute atomic E-state index is 0.00984. The number of nitrogens with one attached hydrogen (secondary N) is 1. The van der Waals surface area contributed by atoms with Gasteiger partial charge in [0.15, 0.2) is 0 Å². The van der Waals surface area contributed by atoms with Crippen molar-refractivity contribution in [2.45, 2.75) is 51.7 Å². The van der Waals surface area contributed by atoms with Gasteiger partial charge in [-0.25, -0.2) is 9.97 Å². The van der Waals surface area contributed by atoms with Gasteiger partial charge in [0.05, 0.1) is 17.0 Å². The maximum Gasteiger partial charge on any atom is 0.573 e. The molecule has 0 saturated heterocycles. The van der Waals surface area contributed by atoms with Gasteiger partial charge < -0.3 is 10.1 Å². The Kier molecular flexibility index (Phi) is 7.58. The van der Waals surface area contributed by atoms with Gasteiger partial charge >= 0.3 is 12.5 Å². The highest BCUT2D eigenvalue weighted by atomic mass is 19.4. The number of hydrogen-bond acceptors (Lipinski definition) is 6. The molecule has 6 nitrogen and oxygen atoms in total. The van der Waals surface area contributed by atoms with Gasteiger partial charge in [0.1, 0.15) is 17.4 Å². The Hall–Kier alpha value is -3.41. The van der Waals surface area contributed by atoms with Crippen LogP contribution >= 0.6 is 0 Å². The first-order valence-corrected chi connectivity index (χ1v) is 11.6. The Morgan fingerprint density at radius 2 is 1.68 bits per heavy atom. The van der Waals surface area contributed by atoms with E-state index in [2.05, 4.69) is 20.0 Å². The summed E-state index contributed by atoms with van der Waals surface area (Å²) in [6.45, 7) is 4.86. The third-order valence-corrected chi connectivity index (χ3v) is 5.89. The normalized spacial score (nSPS) is 14.8. The van der Waals surface area contributed by atoms with Crippen LogP contribution in [0.5, 0.6) is 5.75 Å². The van der Waals surface area contributed by atoms with Crippen LogP contribution in [0, 0.1) is 0 Å². The Balaban J connectivity index is 1.56. The van der Waals surface area contributed by atoms with E-state index < -0.39 is 18.1 Å². The van der Waals surface area contributed by atoms with E-state index in [0.717, 1.165) is 17.3 Å². The summed E-state index contributed by atoms with van der Waals surface area (Å²) in [6, 6.07) is 7.61. The van der Waals surface area contributed by atoms with Gasteiger partial charge in [-0.3, -0.25) is 9.88 Å². The maximum atomic E-state index is 13.4. The lowest BCUT2D eigenvalue weighted by molar-refractivity contribution is -0.274. The van der Waals surface area contributed by atoms with Crippen LogP contribution in [0.1, 0.15) is 48.1 Å². The number of fused-ring (bicyclic) bond motifs is 1. The number of ether oxygens (including phenoxy) is 1. The average molecular weight is 525 g/mol. The Labute approximate surface area is 209 Å². The fraction of sp³-hybridized carbons (Fsp3) is 0.400. The van der Waals surface area contributed by atoms with Crippen molar-refractivity contribution >= 4 is 11.5 Å². The summed E-state index contributed by atoms with van der Waals surface area (Å²) in [5.41, 5.74) is 1.33. The van der Waals surface area contributed by atoms with E-state index in [-0.39, 0.29) is 23.9 Å². The Morgan fingerprint density at radius 1 is 0.973 bits per heavy atom. The van der Waals surface area contributed by atoms with Crippen LogP contribution < -0.4 is 10.1 Å². The third-order valence-electron chi connectivity index (χ3n) is 5.89. The molecule has 4 rings (SSSR count). The molecule has 198 valence electrons. The van der Waals surface area contributed by atoms with Gasteiger partial charge in [-0.2, -0.15) is 13.2 Å². The number of benzene rings is 1. The van der Waals surface area contributed by atoms with Crippen molar-refractivity contribution in [2.75, 3.05) is 18.4 Å². The van der Waals surface area contributed by atoms with Gasteiger partial charge in [0.2, 0.25) is 0 Å². The molecule has 1 aliphatic rings. The van der Waals surface area contributed by atoms with Crippen LogP contribution in [0.4, 0.5) is 37.8 Å². The highest BCUT2D eigenvalue weighted by Crippen LogP contribution is 2.33. The summed E-state index contributed by atoms with van der Waals surface area (Å²) in [4.78, 5) is 15.2. The van der Waals surface area contributed by atoms with Gasteiger partial charge in [-0.05, 0) is 42.8 Å². The van der Waals surface area contributed by atoms with Crippen molar-refractivity contribution < 1.29 is 31.1 Å². The maximum absolute atomic E-state index is 13.4. The van der Waals surface area contributed by atoms with Crippen LogP contribution in [-0.2, 0) is 25.6 Å². The van der Waals surface area contributed by atoms with Crippen molar-refractivity contribution in [1.29, 1.82) is 0 Å². The molecule has 0 unspecified atom stereocenters. The molecule has 0 saturated carbocycles. The summed E-state index contributed by atoms with van der Waals surface area (Å²) in [7, 11) is 0. The molecule has 0 bridgehead atoms. The minimum Gasteiger partial charge on any atom is -0.406 e. The Morgan fingerprint density at radius 3 is 2.32 bits per heavy atom. The van der Waals surface area contributed by atoms with Crippen molar-refractivity contribution in [3.05, 3.63) is 70.9 Å². The van der Waals surface area contributed by atoms with Gasteiger partial charge in [-0.15, -0.1) is 13.2 Å². The molecular weight excluding hydrogens is 500 g/mol.